The third-order valence-corrected chi connectivity index (χ3v) is 1.79. The summed E-state index contributed by atoms with van der Waals surface area (Å²) >= 11 is 0. The predicted octanol–water partition coefficient (Wildman–Crippen LogP) is 0.553. The molecule has 0 bridgehead atoms. The van der Waals surface area contributed by atoms with Crippen LogP contribution >= 0.6 is 0 Å². The SMILES string of the molecule is CC(C)c1c(N)ncnc1OCCO. The second-order valence-electron chi connectivity index (χ2n) is 3.20. The minimum absolute atomic E-state index is 0.0402. The van der Waals surface area contributed by atoms with Gasteiger partial charge >= 0.3 is 0 Å². The van der Waals surface area contributed by atoms with Gasteiger partial charge in [0.05, 0.1) is 12.2 Å². The molecule has 0 aliphatic carbocycles. The molecular formula is C9H15N3O2. The Labute approximate surface area is 82.9 Å². The molecule has 0 aliphatic heterocycles. The highest BCUT2D eigenvalue weighted by molar-refractivity contribution is 5.46. The first kappa shape index (κ1) is 10.7. The number of hydrogen-bond donors (Lipinski definition) is 2. The van der Waals surface area contributed by atoms with Crippen LogP contribution in [0.1, 0.15) is 25.3 Å². The van der Waals surface area contributed by atoms with Crippen LogP contribution in [0.15, 0.2) is 6.33 Å². The lowest BCUT2D eigenvalue weighted by Crippen LogP contribution is -2.09. The van der Waals surface area contributed by atoms with E-state index in [9.17, 15) is 0 Å². The number of hydrogen-bond acceptors (Lipinski definition) is 5. The molecule has 5 nitrogen and oxygen atoms in total. The number of ether oxygens (including phenoxy) is 1. The zero-order chi connectivity index (χ0) is 10.6. The Morgan fingerprint density at radius 1 is 1.50 bits per heavy atom. The van der Waals surface area contributed by atoms with Gasteiger partial charge in [0.1, 0.15) is 18.8 Å². The fourth-order valence-electron chi connectivity index (χ4n) is 1.19. The van der Waals surface area contributed by atoms with Gasteiger partial charge < -0.3 is 15.6 Å². The number of aliphatic hydroxyl groups is 1. The van der Waals surface area contributed by atoms with Crippen LogP contribution in [0.2, 0.25) is 0 Å². The molecule has 0 fully saturated rings. The highest BCUT2D eigenvalue weighted by Gasteiger charge is 2.13. The van der Waals surface area contributed by atoms with E-state index in [1.54, 1.807) is 0 Å². The lowest BCUT2D eigenvalue weighted by atomic mass is 10.1. The molecule has 0 saturated heterocycles. The van der Waals surface area contributed by atoms with E-state index in [-0.39, 0.29) is 19.1 Å². The normalized spacial score (nSPS) is 10.6. The molecule has 0 amide bonds. The van der Waals surface area contributed by atoms with E-state index >= 15 is 0 Å². The zero-order valence-electron chi connectivity index (χ0n) is 8.40. The first-order valence-electron chi connectivity index (χ1n) is 4.50. The van der Waals surface area contributed by atoms with E-state index in [0.29, 0.717) is 11.7 Å². The fraction of sp³-hybridized carbons (Fsp3) is 0.556. The quantitative estimate of drug-likeness (QED) is 0.736. The van der Waals surface area contributed by atoms with Gasteiger partial charge in [-0.2, -0.15) is 0 Å². The smallest absolute Gasteiger partial charge is 0.222 e. The van der Waals surface area contributed by atoms with Crippen LogP contribution < -0.4 is 10.5 Å². The van der Waals surface area contributed by atoms with Crippen LogP contribution in [0.25, 0.3) is 0 Å². The Hall–Kier alpha value is -1.36. The predicted molar refractivity (Wildman–Crippen MR) is 53.1 cm³/mol. The molecule has 0 aliphatic rings. The van der Waals surface area contributed by atoms with Crippen LogP contribution in [0, 0.1) is 0 Å². The third kappa shape index (κ3) is 2.32. The molecule has 0 atom stereocenters. The van der Waals surface area contributed by atoms with Crippen molar-refractivity contribution in [1.29, 1.82) is 0 Å². The molecule has 0 aromatic carbocycles. The number of nitrogens with zero attached hydrogens (tertiary/aromatic N) is 2. The zero-order valence-corrected chi connectivity index (χ0v) is 8.40. The molecule has 1 rings (SSSR count). The van der Waals surface area contributed by atoms with Gasteiger partial charge in [0.25, 0.3) is 0 Å². The Balaban J connectivity index is 2.96. The van der Waals surface area contributed by atoms with Gasteiger partial charge in [0.15, 0.2) is 0 Å². The number of nitrogen functional groups attached to an aromatic ring is 1. The van der Waals surface area contributed by atoms with Gasteiger partial charge in [-0.1, -0.05) is 13.8 Å². The minimum Gasteiger partial charge on any atom is -0.475 e. The summed E-state index contributed by atoms with van der Waals surface area (Å²) in [5, 5.41) is 8.63. The lowest BCUT2D eigenvalue weighted by molar-refractivity contribution is 0.195. The molecule has 5 heteroatoms. The maximum absolute atomic E-state index is 8.63. The van der Waals surface area contributed by atoms with E-state index in [1.165, 1.54) is 6.33 Å². The van der Waals surface area contributed by atoms with E-state index < -0.39 is 0 Å². The molecule has 1 aromatic heterocycles. The van der Waals surface area contributed by atoms with Crippen molar-refractivity contribution in [2.24, 2.45) is 0 Å². The molecule has 1 aromatic rings. The Kier molecular flexibility index (Phi) is 3.64. The van der Waals surface area contributed by atoms with Gasteiger partial charge in [-0.15, -0.1) is 0 Å². The van der Waals surface area contributed by atoms with E-state index in [0.717, 1.165) is 5.56 Å². The summed E-state index contributed by atoms with van der Waals surface area (Å²) in [5.41, 5.74) is 6.49. The Morgan fingerprint density at radius 2 is 2.21 bits per heavy atom. The van der Waals surface area contributed by atoms with Crippen molar-refractivity contribution < 1.29 is 9.84 Å². The van der Waals surface area contributed by atoms with E-state index in [1.807, 2.05) is 13.8 Å². The van der Waals surface area contributed by atoms with Crippen molar-refractivity contribution in [2.75, 3.05) is 18.9 Å². The number of aromatic nitrogens is 2. The first-order chi connectivity index (χ1) is 6.66. The lowest BCUT2D eigenvalue weighted by Gasteiger charge is -2.13. The van der Waals surface area contributed by atoms with Crippen molar-refractivity contribution in [3.63, 3.8) is 0 Å². The molecule has 0 saturated carbocycles. The summed E-state index contributed by atoms with van der Waals surface area (Å²) < 4.78 is 5.25. The van der Waals surface area contributed by atoms with Crippen molar-refractivity contribution in [3.8, 4) is 5.88 Å². The summed E-state index contributed by atoms with van der Waals surface area (Å²) in [5.74, 6) is 1.09. The maximum atomic E-state index is 8.63. The van der Waals surface area contributed by atoms with Crippen LogP contribution in [0.4, 0.5) is 5.82 Å². The average Bonchev–Trinajstić information content (AvgIpc) is 2.14. The van der Waals surface area contributed by atoms with Gasteiger partial charge in [0.2, 0.25) is 5.88 Å². The monoisotopic (exact) mass is 197 g/mol. The van der Waals surface area contributed by atoms with Crippen molar-refractivity contribution >= 4 is 5.82 Å². The Bertz CT molecular complexity index is 302. The number of anilines is 1. The molecule has 0 radical (unpaired) electrons. The van der Waals surface area contributed by atoms with Crippen LogP contribution in [-0.4, -0.2) is 28.3 Å². The summed E-state index contributed by atoms with van der Waals surface area (Å²) in [6.45, 7) is 4.15. The van der Waals surface area contributed by atoms with Crippen LogP contribution in [0.5, 0.6) is 5.88 Å². The molecule has 78 valence electrons. The maximum Gasteiger partial charge on any atom is 0.222 e. The molecule has 1 heterocycles. The average molecular weight is 197 g/mol. The highest BCUT2D eigenvalue weighted by atomic mass is 16.5. The van der Waals surface area contributed by atoms with Gasteiger partial charge in [-0.25, -0.2) is 9.97 Å². The fourth-order valence-corrected chi connectivity index (χ4v) is 1.19. The minimum atomic E-state index is -0.0402. The van der Waals surface area contributed by atoms with Crippen LogP contribution in [-0.2, 0) is 0 Å². The van der Waals surface area contributed by atoms with Crippen LogP contribution in [0.3, 0.4) is 0 Å². The van der Waals surface area contributed by atoms with Crippen molar-refractivity contribution in [3.05, 3.63) is 11.9 Å². The largest absolute Gasteiger partial charge is 0.475 e. The van der Waals surface area contributed by atoms with Crippen molar-refractivity contribution in [2.45, 2.75) is 19.8 Å². The summed E-state index contributed by atoms with van der Waals surface area (Å²) in [7, 11) is 0. The first-order valence-corrected chi connectivity index (χ1v) is 4.50. The van der Waals surface area contributed by atoms with E-state index in [4.69, 9.17) is 15.6 Å². The molecule has 3 N–H and O–H groups in total. The summed E-state index contributed by atoms with van der Waals surface area (Å²) in [6, 6.07) is 0. The number of rotatable bonds is 4. The summed E-state index contributed by atoms with van der Waals surface area (Å²) in [6.07, 6.45) is 1.36. The van der Waals surface area contributed by atoms with Gasteiger partial charge in [-0.05, 0) is 5.92 Å². The molecule has 0 spiro atoms. The number of aliphatic hydroxyl groups excluding tert-OH is 1. The van der Waals surface area contributed by atoms with Gasteiger partial charge in [-0.3, -0.25) is 0 Å². The summed E-state index contributed by atoms with van der Waals surface area (Å²) in [4.78, 5) is 7.87. The Morgan fingerprint density at radius 3 is 2.79 bits per heavy atom. The standard InChI is InChI=1S/C9H15N3O2/c1-6(2)7-8(10)11-5-12-9(7)14-4-3-13/h5-6,13H,3-4H2,1-2H3,(H2,10,11,12). The number of nitrogens with two attached hydrogens (primary N) is 1. The van der Waals surface area contributed by atoms with Gasteiger partial charge in [0, 0.05) is 0 Å². The van der Waals surface area contributed by atoms with Crippen molar-refractivity contribution in [1.82, 2.24) is 9.97 Å². The third-order valence-electron chi connectivity index (χ3n) is 1.79. The molecule has 0 unspecified atom stereocenters. The topological polar surface area (TPSA) is 81.3 Å². The van der Waals surface area contributed by atoms with E-state index in [2.05, 4.69) is 9.97 Å². The highest BCUT2D eigenvalue weighted by Crippen LogP contribution is 2.27. The second kappa shape index (κ2) is 4.76. The molecule has 14 heavy (non-hydrogen) atoms. The molecular weight excluding hydrogens is 182 g/mol. The second-order valence-corrected chi connectivity index (χ2v) is 3.20.